The van der Waals surface area contributed by atoms with Crippen molar-refractivity contribution in [3.8, 4) is 11.5 Å². The number of nitrogens with zero attached hydrogens (tertiary/aromatic N) is 4. The molecule has 1 amide bonds. The van der Waals surface area contributed by atoms with Gasteiger partial charge in [0.25, 0.3) is 0 Å². The van der Waals surface area contributed by atoms with Crippen molar-refractivity contribution < 1.29 is 14.3 Å². The Morgan fingerprint density at radius 2 is 1.82 bits per heavy atom. The number of rotatable bonds is 6. The molecule has 5 rings (SSSR count). The summed E-state index contributed by atoms with van der Waals surface area (Å²) in [5, 5.41) is 2.10. The summed E-state index contributed by atoms with van der Waals surface area (Å²) in [7, 11) is 3.33. The maximum Gasteiger partial charge on any atom is 0.236 e. The Bertz CT molecular complexity index is 1110. The third kappa shape index (κ3) is 4.48. The van der Waals surface area contributed by atoms with Gasteiger partial charge in [-0.2, -0.15) is 0 Å². The lowest BCUT2D eigenvalue weighted by molar-refractivity contribution is -0.133. The lowest BCUT2D eigenvalue weighted by atomic mass is 9.90. The van der Waals surface area contributed by atoms with Crippen molar-refractivity contribution in [1.82, 2.24) is 14.8 Å². The van der Waals surface area contributed by atoms with Crippen molar-refractivity contribution in [2.45, 2.75) is 12.5 Å². The zero-order valence-electron chi connectivity index (χ0n) is 19.6. The molecule has 1 aromatic carbocycles. The summed E-state index contributed by atoms with van der Waals surface area (Å²) in [6.45, 7) is 4.27. The van der Waals surface area contributed by atoms with Gasteiger partial charge >= 0.3 is 0 Å². The van der Waals surface area contributed by atoms with Crippen LogP contribution < -0.4 is 14.4 Å². The molecule has 4 heterocycles. The van der Waals surface area contributed by atoms with Crippen LogP contribution in [0, 0.1) is 0 Å². The number of carbonyl (C=O) groups is 1. The van der Waals surface area contributed by atoms with Crippen molar-refractivity contribution in [3.63, 3.8) is 0 Å². The minimum atomic E-state index is 0.0299. The number of benzene rings is 1. The molecular formula is C26H30N4O3S. The van der Waals surface area contributed by atoms with Crippen LogP contribution in [0.2, 0.25) is 0 Å². The van der Waals surface area contributed by atoms with Crippen molar-refractivity contribution >= 4 is 23.1 Å². The van der Waals surface area contributed by atoms with Gasteiger partial charge in [-0.15, -0.1) is 11.3 Å². The molecule has 7 nitrogen and oxygen atoms in total. The van der Waals surface area contributed by atoms with E-state index in [4.69, 9.17) is 9.47 Å². The van der Waals surface area contributed by atoms with Crippen LogP contribution in [0.25, 0.3) is 0 Å². The zero-order chi connectivity index (χ0) is 23.5. The van der Waals surface area contributed by atoms with Gasteiger partial charge in [-0.25, -0.2) is 4.98 Å². The average Bonchev–Trinajstić information content (AvgIpc) is 3.43. The zero-order valence-corrected chi connectivity index (χ0v) is 20.5. The van der Waals surface area contributed by atoms with E-state index in [2.05, 4.69) is 44.4 Å². The summed E-state index contributed by atoms with van der Waals surface area (Å²) in [5.74, 6) is 2.64. The molecule has 2 aliphatic rings. The Morgan fingerprint density at radius 3 is 2.50 bits per heavy atom. The van der Waals surface area contributed by atoms with Crippen LogP contribution in [-0.2, 0) is 11.2 Å². The fraction of sp³-hybridized carbons (Fsp3) is 0.385. The van der Waals surface area contributed by atoms with E-state index in [1.54, 1.807) is 25.6 Å². The number of methoxy groups -OCH3 is 2. The second kappa shape index (κ2) is 10.0. The summed E-state index contributed by atoms with van der Waals surface area (Å²) < 4.78 is 11.1. The number of aromatic nitrogens is 1. The molecule has 0 unspecified atom stereocenters. The summed E-state index contributed by atoms with van der Waals surface area (Å²) in [6, 6.07) is 14.4. The number of ether oxygens (including phenoxy) is 2. The number of carbonyl (C=O) groups excluding carboxylic acids is 1. The number of anilines is 1. The Morgan fingerprint density at radius 1 is 1.03 bits per heavy atom. The molecule has 8 heteroatoms. The highest BCUT2D eigenvalue weighted by molar-refractivity contribution is 7.10. The molecular weight excluding hydrogens is 448 g/mol. The molecule has 0 radical (unpaired) electrons. The highest BCUT2D eigenvalue weighted by atomic mass is 32.1. The standard InChI is InChI=1S/C26H30N4O3S/c1-32-21-16-19-8-10-30(26(23-6-5-15-34-23)20(19)17-22(21)33-2)18-25(31)29-13-11-28(12-14-29)24-7-3-4-9-27-24/h3-7,9,15-17,26H,8,10-14,18H2,1-2H3/t26-/m1/s1. The van der Waals surface area contributed by atoms with Gasteiger partial charge in [-0.3, -0.25) is 9.69 Å². The van der Waals surface area contributed by atoms with E-state index >= 15 is 0 Å². The Kier molecular flexibility index (Phi) is 6.69. The summed E-state index contributed by atoms with van der Waals surface area (Å²) >= 11 is 1.73. The van der Waals surface area contributed by atoms with Gasteiger partial charge in [-0.1, -0.05) is 12.1 Å². The van der Waals surface area contributed by atoms with Gasteiger partial charge in [0, 0.05) is 43.8 Å². The molecule has 34 heavy (non-hydrogen) atoms. The fourth-order valence-corrected chi connectivity index (χ4v) is 5.82. The predicted molar refractivity (Wildman–Crippen MR) is 134 cm³/mol. The van der Waals surface area contributed by atoms with Crippen LogP contribution in [0.15, 0.2) is 54.0 Å². The van der Waals surface area contributed by atoms with Gasteiger partial charge in [-0.05, 0) is 53.3 Å². The lowest BCUT2D eigenvalue weighted by Crippen LogP contribution is -2.52. The Labute approximate surface area is 204 Å². The van der Waals surface area contributed by atoms with E-state index < -0.39 is 0 Å². The van der Waals surface area contributed by atoms with Crippen LogP contribution in [0.3, 0.4) is 0 Å². The third-order valence-corrected chi connectivity index (χ3v) is 7.65. The number of thiophene rings is 1. The topological polar surface area (TPSA) is 58.1 Å². The number of amides is 1. The molecule has 2 aromatic heterocycles. The van der Waals surface area contributed by atoms with Gasteiger partial charge in [0.1, 0.15) is 5.82 Å². The second-order valence-corrected chi connectivity index (χ2v) is 9.58. The van der Waals surface area contributed by atoms with Gasteiger partial charge in [0.2, 0.25) is 5.91 Å². The molecule has 1 saturated heterocycles. The molecule has 2 aliphatic heterocycles. The summed E-state index contributed by atoms with van der Waals surface area (Å²) in [5.41, 5.74) is 2.45. The number of fused-ring (bicyclic) bond motifs is 1. The summed E-state index contributed by atoms with van der Waals surface area (Å²) in [6.07, 6.45) is 2.69. The minimum Gasteiger partial charge on any atom is -0.493 e. The third-order valence-electron chi connectivity index (χ3n) is 6.73. The highest BCUT2D eigenvalue weighted by Crippen LogP contribution is 2.42. The van der Waals surface area contributed by atoms with Crippen LogP contribution in [0.1, 0.15) is 22.0 Å². The first-order chi connectivity index (χ1) is 16.7. The Balaban J connectivity index is 1.33. The van der Waals surface area contributed by atoms with Gasteiger partial charge < -0.3 is 19.3 Å². The van der Waals surface area contributed by atoms with Gasteiger partial charge in [0.05, 0.1) is 26.8 Å². The van der Waals surface area contributed by atoms with Crippen molar-refractivity contribution in [2.75, 3.05) is 58.4 Å². The first-order valence-corrected chi connectivity index (χ1v) is 12.5. The fourth-order valence-electron chi connectivity index (χ4n) is 4.95. The smallest absolute Gasteiger partial charge is 0.236 e. The molecule has 3 aromatic rings. The molecule has 0 N–H and O–H groups in total. The number of hydrogen-bond acceptors (Lipinski definition) is 7. The van der Waals surface area contributed by atoms with E-state index in [0.717, 1.165) is 43.4 Å². The second-order valence-electron chi connectivity index (χ2n) is 8.60. The predicted octanol–water partition coefficient (Wildman–Crippen LogP) is 3.46. The van der Waals surface area contributed by atoms with Crippen LogP contribution >= 0.6 is 11.3 Å². The average molecular weight is 479 g/mol. The van der Waals surface area contributed by atoms with Crippen molar-refractivity contribution in [3.05, 3.63) is 70.0 Å². The van der Waals surface area contributed by atoms with Crippen LogP contribution in [0.5, 0.6) is 11.5 Å². The molecule has 1 fully saturated rings. The van der Waals surface area contributed by atoms with Crippen LogP contribution in [-0.4, -0.2) is 74.2 Å². The molecule has 0 aliphatic carbocycles. The SMILES string of the molecule is COc1cc2c(cc1OC)[C@H](c1cccs1)N(CC(=O)N1CCN(c3ccccn3)CC1)CC2. The quantitative estimate of drug-likeness (QED) is 0.541. The number of hydrogen-bond donors (Lipinski definition) is 0. The van der Waals surface area contributed by atoms with Crippen molar-refractivity contribution in [2.24, 2.45) is 0 Å². The molecule has 0 saturated carbocycles. The van der Waals surface area contributed by atoms with E-state index in [9.17, 15) is 4.79 Å². The van der Waals surface area contributed by atoms with E-state index in [1.807, 2.05) is 29.3 Å². The molecule has 0 bridgehead atoms. The maximum atomic E-state index is 13.4. The monoisotopic (exact) mass is 478 g/mol. The number of piperazine rings is 1. The minimum absolute atomic E-state index is 0.0299. The molecule has 178 valence electrons. The normalized spacial score (nSPS) is 18.5. The van der Waals surface area contributed by atoms with E-state index in [-0.39, 0.29) is 11.9 Å². The molecule has 1 atom stereocenters. The van der Waals surface area contributed by atoms with Gasteiger partial charge in [0.15, 0.2) is 11.5 Å². The van der Waals surface area contributed by atoms with E-state index in [1.165, 1.54) is 16.0 Å². The van der Waals surface area contributed by atoms with Crippen molar-refractivity contribution in [1.29, 1.82) is 0 Å². The first-order valence-electron chi connectivity index (χ1n) is 11.6. The summed E-state index contributed by atoms with van der Waals surface area (Å²) in [4.78, 5) is 25.6. The number of pyridine rings is 1. The van der Waals surface area contributed by atoms with E-state index in [0.29, 0.717) is 19.6 Å². The highest BCUT2D eigenvalue weighted by Gasteiger charge is 2.33. The lowest BCUT2D eigenvalue weighted by Gasteiger charge is -2.40. The Hall–Kier alpha value is -3.10. The first kappa shape index (κ1) is 22.7. The largest absolute Gasteiger partial charge is 0.493 e. The molecule has 0 spiro atoms. The van der Waals surface area contributed by atoms with Crippen LogP contribution in [0.4, 0.5) is 5.82 Å². The maximum absolute atomic E-state index is 13.4.